The summed E-state index contributed by atoms with van der Waals surface area (Å²) in [6.45, 7) is 8.39. The number of anilines is 1. The molecule has 1 aliphatic rings. The van der Waals surface area contributed by atoms with Crippen LogP contribution in [0.3, 0.4) is 0 Å². The second-order valence-corrected chi connectivity index (χ2v) is 6.66. The molecule has 1 saturated heterocycles. The van der Waals surface area contributed by atoms with Gasteiger partial charge in [-0.3, -0.25) is 0 Å². The number of hydrogen-bond donors (Lipinski definition) is 1. The first-order valence-corrected chi connectivity index (χ1v) is 7.89. The number of benzene rings is 1. The van der Waals surface area contributed by atoms with E-state index in [1.807, 2.05) is 13.1 Å². The Morgan fingerprint density at radius 2 is 2.00 bits per heavy atom. The highest BCUT2D eigenvalue weighted by atomic mass is 19.1. The normalized spacial score (nSPS) is 19.0. The number of likely N-dealkylation sites (N-methyl/N-ethyl adjacent to an activating group) is 1. The molecule has 2 N–H and O–H groups in total. The number of rotatable bonds is 5. The van der Waals surface area contributed by atoms with Crippen molar-refractivity contribution in [3.8, 4) is 0 Å². The van der Waals surface area contributed by atoms with Gasteiger partial charge in [0.15, 0.2) is 0 Å². The third-order valence-electron chi connectivity index (χ3n) is 4.70. The Bertz CT molecular complexity index is 453. The van der Waals surface area contributed by atoms with Gasteiger partial charge in [-0.2, -0.15) is 0 Å². The van der Waals surface area contributed by atoms with E-state index >= 15 is 0 Å². The van der Waals surface area contributed by atoms with Crippen molar-refractivity contribution in [2.24, 2.45) is 11.7 Å². The minimum atomic E-state index is -0.191. The van der Waals surface area contributed by atoms with Gasteiger partial charge >= 0.3 is 0 Å². The molecule has 0 aromatic heterocycles. The second kappa shape index (κ2) is 6.75. The summed E-state index contributed by atoms with van der Waals surface area (Å²) in [5, 5.41) is 0. The van der Waals surface area contributed by atoms with Crippen LogP contribution in [0.4, 0.5) is 10.1 Å². The molecule has 2 rings (SSSR count). The van der Waals surface area contributed by atoms with Gasteiger partial charge in [-0.1, -0.05) is 19.9 Å². The van der Waals surface area contributed by atoms with Gasteiger partial charge < -0.3 is 15.5 Å². The highest BCUT2D eigenvalue weighted by Gasteiger charge is 2.37. The minimum Gasteiger partial charge on any atom is -0.367 e. The maximum absolute atomic E-state index is 13.5. The van der Waals surface area contributed by atoms with Crippen LogP contribution in [0, 0.1) is 11.7 Å². The van der Waals surface area contributed by atoms with Crippen molar-refractivity contribution >= 4 is 5.69 Å². The van der Waals surface area contributed by atoms with Gasteiger partial charge in [-0.05, 0) is 37.0 Å². The first-order valence-electron chi connectivity index (χ1n) is 7.89. The van der Waals surface area contributed by atoms with Crippen LogP contribution < -0.4 is 10.6 Å². The molecule has 1 heterocycles. The molecular weight excluding hydrogens is 265 g/mol. The van der Waals surface area contributed by atoms with Crippen molar-refractivity contribution < 1.29 is 4.39 Å². The standard InChI is InChI=1S/C17H28FN3/c1-14(2)12-21-9-7-17(13-19,8-10-21)20(3)16-6-4-5-15(18)11-16/h4-6,11,14H,7-10,12-13,19H2,1-3H3. The SMILES string of the molecule is CC(C)CN1CCC(CN)(N(C)c2cccc(F)c2)CC1. The smallest absolute Gasteiger partial charge is 0.125 e. The van der Waals surface area contributed by atoms with Gasteiger partial charge in [0.2, 0.25) is 0 Å². The Morgan fingerprint density at radius 1 is 1.33 bits per heavy atom. The molecule has 0 atom stereocenters. The van der Waals surface area contributed by atoms with Gasteiger partial charge in [-0.15, -0.1) is 0 Å². The fraction of sp³-hybridized carbons (Fsp3) is 0.647. The van der Waals surface area contributed by atoms with Crippen molar-refractivity contribution in [3.05, 3.63) is 30.1 Å². The molecule has 0 radical (unpaired) electrons. The van der Waals surface area contributed by atoms with E-state index in [0.29, 0.717) is 12.5 Å². The quantitative estimate of drug-likeness (QED) is 0.906. The fourth-order valence-electron chi connectivity index (χ4n) is 3.30. The molecule has 1 aromatic carbocycles. The van der Waals surface area contributed by atoms with Gasteiger partial charge in [0.05, 0.1) is 5.54 Å². The molecular formula is C17H28FN3. The van der Waals surface area contributed by atoms with E-state index in [2.05, 4.69) is 23.6 Å². The first kappa shape index (κ1) is 16.2. The van der Waals surface area contributed by atoms with Crippen LogP contribution in [0.2, 0.25) is 0 Å². The largest absolute Gasteiger partial charge is 0.367 e. The molecule has 0 unspecified atom stereocenters. The maximum Gasteiger partial charge on any atom is 0.125 e. The van der Waals surface area contributed by atoms with Crippen molar-refractivity contribution in [1.29, 1.82) is 0 Å². The molecule has 21 heavy (non-hydrogen) atoms. The van der Waals surface area contributed by atoms with Crippen LogP contribution in [-0.4, -0.2) is 43.7 Å². The van der Waals surface area contributed by atoms with Crippen LogP contribution >= 0.6 is 0 Å². The van der Waals surface area contributed by atoms with E-state index in [9.17, 15) is 4.39 Å². The summed E-state index contributed by atoms with van der Waals surface area (Å²) in [7, 11) is 2.04. The highest BCUT2D eigenvalue weighted by molar-refractivity contribution is 5.49. The summed E-state index contributed by atoms with van der Waals surface area (Å²) in [4.78, 5) is 4.70. The Labute approximate surface area is 127 Å². The van der Waals surface area contributed by atoms with E-state index in [0.717, 1.165) is 38.2 Å². The fourth-order valence-corrected chi connectivity index (χ4v) is 3.30. The molecule has 0 saturated carbocycles. The van der Waals surface area contributed by atoms with Gasteiger partial charge in [0, 0.05) is 38.9 Å². The van der Waals surface area contributed by atoms with E-state index in [1.54, 1.807) is 12.1 Å². The number of likely N-dealkylation sites (tertiary alicyclic amines) is 1. The number of hydrogen-bond acceptors (Lipinski definition) is 3. The third kappa shape index (κ3) is 3.74. The van der Waals surface area contributed by atoms with Crippen LogP contribution in [0.15, 0.2) is 24.3 Å². The topological polar surface area (TPSA) is 32.5 Å². The molecule has 0 spiro atoms. The van der Waals surface area contributed by atoms with Crippen molar-refractivity contribution in [2.45, 2.75) is 32.2 Å². The number of piperidine rings is 1. The molecule has 118 valence electrons. The molecule has 1 fully saturated rings. The molecule has 1 aliphatic heterocycles. The summed E-state index contributed by atoms with van der Waals surface area (Å²) < 4.78 is 13.5. The van der Waals surface area contributed by atoms with Crippen molar-refractivity contribution in [3.63, 3.8) is 0 Å². The lowest BCUT2D eigenvalue weighted by atomic mass is 9.85. The zero-order chi connectivity index (χ0) is 15.5. The molecule has 4 heteroatoms. The minimum absolute atomic E-state index is 0.0543. The van der Waals surface area contributed by atoms with Crippen LogP contribution in [-0.2, 0) is 0 Å². The van der Waals surface area contributed by atoms with Crippen LogP contribution in [0.1, 0.15) is 26.7 Å². The predicted molar refractivity (Wildman–Crippen MR) is 87.1 cm³/mol. The van der Waals surface area contributed by atoms with Crippen molar-refractivity contribution in [1.82, 2.24) is 4.90 Å². The highest BCUT2D eigenvalue weighted by Crippen LogP contribution is 2.31. The average Bonchev–Trinajstić information content (AvgIpc) is 2.47. The molecule has 0 amide bonds. The second-order valence-electron chi connectivity index (χ2n) is 6.66. The van der Waals surface area contributed by atoms with Gasteiger partial charge in [0.1, 0.15) is 5.82 Å². The summed E-state index contributed by atoms with van der Waals surface area (Å²) in [5.74, 6) is 0.500. The van der Waals surface area contributed by atoms with Crippen LogP contribution in [0.5, 0.6) is 0 Å². The number of nitrogens with zero attached hydrogens (tertiary/aromatic N) is 2. The number of nitrogens with two attached hydrogens (primary N) is 1. The summed E-state index contributed by atoms with van der Waals surface area (Å²) in [6, 6.07) is 6.80. The Kier molecular flexibility index (Phi) is 5.22. The molecule has 3 nitrogen and oxygen atoms in total. The third-order valence-corrected chi connectivity index (χ3v) is 4.70. The van der Waals surface area contributed by atoms with E-state index in [-0.39, 0.29) is 11.4 Å². The van der Waals surface area contributed by atoms with Crippen molar-refractivity contribution in [2.75, 3.05) is 38.1 Å². The first-order chi connectivity index (χ1) is 9.97. The lowest BCUT2D eigenvalue weighted by Gasteiger charge is -2.48. The molecule has 0 bridgehead atoms. The van der Waals surface area contributed by atoms with Crippen LogP contribution in [0.25, 0.3) is 0 Å². The maximum atomic E-state index is 13.5. The zero-order valence-electron chi connectivity index (χ0n) is 13.5. The summed E-state index contributed by atoms with van der Waals surface area (Å²) in [6.07, 6.45) is 2.06. The van der Waals surface area contributed by atoms with Gasteiger partial charge in [-0.25, -0.2) is 4.39 Å². The van der Waals surface area contributed by atoms with Gasteiger partial charge in [0.25, 0.3) is 0 Å². The van der Waals surface area contributed by atoms with E-state index < -0.39 is 0 Å². The molecule has 1 aromatic rings. The summed E-state index contributed by atoms with van der Waals surface area (Å²) in [5.41, 5.74) is 6.97. The van der Waals surface area contributed by atoms with E-state index in [1.165, 1.54) is 6.07 Å². The average molecular weight is 293 g/mol. The zero-order valence-corrected chi connectivity index (χ0v) is 13.5. The monoisotopic (exact) mass is 293 g/mol. The predicted octanol–water partition coefficient (Wildman–Crippen LogP) is 2.71. The Hall–Kier alpha value is -1.13. The Balaban J connectivity index is 2.09. The summed E-state index contributed by atoms with van der Waals surface area (Å²) >= 11 is 0. The number of halogens is 1. The lowest BCUT2D eigenvalue weighted by molar-refractivity contribution is 0.148. The molecule has 0 aliphatic carbocycles. The Morgan fingerprint density at radius 3 is 2.52 bits per heavy atom. The van der Waals surface area contributed by atoms with E-state index in [4.69, 9.17) is 5.73 Å². The lowest BCUT2D eigenvalue weighted by Crippen LogP contribution is -2.58.